The summed E-state index contributed by atoms with van der Waals surface area (Å²) in [6.45, 7) is 0.663. The molecule has 0 radical (unpaired) electrons. The zero-order valence-electron chi connectivity index (χ0n) is 9.96. The molecule has 1 nitrogen and oxygen atoms in total. The number of rotatable bonds is 2. The molecule has 1 aliphatic rings. The molecule has 0 heterocycles. The Morgan fingerprint density at radius 1 is 1.24 bits per heavy atom. The lowest BCUT2D eigenvalue weighted by Gasteiger charge is -2.24. The van der Waals surface area contributed by atoms with Crippen molar-refractivity contribution in [2.24, 2.45) is 11.7 Å². The van der Waals surface area contributed by atoms with E-state index in [0.29, 0.717) is 22.9 Å². The fourth-order valence-corrected chi connectivity index (χ4v) is 3.26. The van der Waals surface area contributed by atoms with Gasteiger partial charge in [0.1, 0.15) is 5.82 Å². The van der Waals surface area contributed by atoms with Crippen molar-refractivity contribution in [1.29, 1.82) is 0 Å². The number of halogens is 2. The summed E-state index contributed by atoms with van der Waals surface area (Å²) >= 11 is 3.27. The first-order valence-electron chi connectivity index (χ1n) is 6.38. The monoisotopic (exact) mass is 299 g/mol. The molecule has 1 aromatic carbocycles. The Morgan fingerprint density at radius 3 is 2.76 bits per heavy atom. The Kier molecular flexibility index (Phi) is 4.57. The van der Waals surface area contributed by atoms with Crippen LogP contribution in [0.3, 0.4) is 0 Å². The summed E-state index contributed by atoms with van der Waals surface area (Å²) in [5.74, 6) is 0.624. The average molecular weight is 300 g/mol. The normalized spacial score (nSPS) is 25.6. The van der Waals surface area contributed by atoms with Crippen molar-refractivity contribution in [2.45, 2.75) is 38.0 Å². The van der Waals surface area contributed by atoms with Crippen molar-refractivity contribution >= 4 is 15.9 Å². The van der Waals surface area contributed by atoms with Crippen LogP contribution in [0.4, 0.5) is 4.39 Å². The standard InChI is InChI=1S/C14H19BrFN/c15-13-8-4-7-12(14(13)16)11-6-3-1-2-5-10(11)9-17/h4,7-8,10-11H,1-3,5-6,9,17H2. The lowest BCUT2D eigenvalue weighted by molar-refractivity contribution is 0.396. The van der Waals surface area contributed by atoms with Gasteiger partial charge in [0.15, 0.2) is 0 Å². The SMILES string of the molecule is NCC1CCCCCC1c1cccc(Br)c1F. The van der Waals surface area contributed by atoms with E-state index in [0.717, 1.165) is 18.4 Å². The highest BCUT2D eigenvalue weighted by Crippen LogP contribution is 2.38. The summed E-state index contributed by atoms with van der Waals surface area (Å²) < 4.78 is 14.7. The van der Waals surface area contributed by atoms with Crippen molar-refractivity contribution in [3.8, 4) is 0 Å². The summed E-state index contributed by atoms with van der Waals surface area (Å²) in [6, 6.07) is 5.59. The van der Waals surface area contributed by atoms with Gasteiger partial charge >= 0.3 is 0 Å². The van der Waals surface area contributed by atoms with Gasteiger partial charge in [0, 0.05) is 0 Å². The van der Waals surface area contributed by atoms with E-state index in [4.69, 9.17) is 5.73 Å². The van der Waals surface area contributed by atoms with E-state index < -0.39 is 0 Å². The van der Waals surface area contributed by atoms with Crippen LogP contribution in [0.2, 0.25) is 0 Å². The first-order valence-corrected chi connectivity index (χ1v) is 7.17. The number of hydrogen-bond donors (Lipinski definition) is 1. The van der Waals surface area contributed by atoms with Gasteiger partial charge in [-0.25, -0.2) is 4.39 Å². The Morgan fingerprint density at radius 2 is 2.00 bits per heavy atom. The van der Waals surface area contributed by atoms with E-state index in [1.165, 1.54) is 19.3 Å². The number of benzene rings is 1. The molecule has 0 amide bonds. The second kappa shape index (κ2) is 5.96. The molecule has 1 aliphatic carbocycles. The summed E-state index contributed by atoms with van der Waals surface area (Å²) in [7, 11) is 0. The quantitative estimate of drug-likeness (QED) is 0.813. The minimum absolute atomic E-state index is 0.0992. The molecule has 3 heteroatoms. The number of hydrogen-bond acceptors (Lipinski definition) is 1. The molecular formula is C14H19BrFN. The van der Waals surface area contributed by atoms with Gasteiger partial charge in [0.25, 0.3) is 0 Å². The van der Waals surface area contributed by atoms with Crippen LogP contribution >= 0.6 is 15.9 Å². The largest absolute Gasteiger partial charge is 0.330 e. The highest BCUT2D eigenvalue weighted by molar-refractivity contribution is 9.10. The van der Waals surface area contributed by atoms with Crippen molar-refractivity contribution in [1.82, 2.24) is 0 Å². The van der Waals surface area contributed by atoms with Gasteiger partial charge in [-0.3, -0.25) is 0 Å². The van der Waals surface area contributed by atoms with Crippen LogP contribution in [0.25, 0.3) is 0 Å². The summed E-state index contributed by atoms with van der Waals surface area (Å²) in [5.41, 5.74) is 6.70. The highest BCUT2D eigenvalue weighted by Gasteiger charge is 2.26. The lowest BCUT2D eigenvalue weighted by atomic mass is 9.82. The molecular weight excluding hydrogens is 281 g/mol. The van der Waals surface area contributed by atoms with E-state index in [-0.39, 0.29) is 5.82 Å². The fraction of sp³-hybridized carbons (Fsp3) is 0.571. The van der Waals surface area contributed by atoms with Crippen molar-refractivity contribution in [3.05, 3.63) is 34.1 Å². The van der Waals surface area contributed by atoms with Crippen LogP contribution in [-0.4, -0.2) is 6.54 Å². The Balaban J connectivity index is 2.31. The third-order valence-corrected chi connectivity index (χ3v) is 4.46. The van der Waals surface area contributed by atoms with Crippen LogP contribution in [0.5, 0.6) is 0 Å². The maximum absolute atomic E-state index is 14.1. The van der Waals surface area contributed by atoms with Crippen LogP contribution in [0.15, 0.2) is 22.7 Å². The predicted molar refractivity (Wildman–Crippen MR) is 72.5 cm³/mol. The smallest absolute Gasteiger partial charge is 0.140 e. The van der Waals surface area contributed by atoms with Crippen LogP contribution in [0, 0.1) is 11.7 Å². The lowest BCUT2D eigenvalue weighted by Crippen LogP contribution is -2.22. The molecule has 2 rings (SSSR count). The molecule has 0 spiro atoms. The van der Waals surface area contributed by atoms with E-state index >= 15 is 0 Å². The van der Waals surface area contributed by atoms with Gasteiger partial charge in [-0.1, -0.05) is 31.4 Å². The summed E-state index contributed by atoms with van der Waals surface area (Å²) in [4.78, 5) is 0. The predicted octanol–water partition coefficient (Wildman–Crippen LogP) is 4.21. The summed E-state index contributed by atoms with van der Waals surface area (Å²) in [5, 5.41) is 0. The highest BCUT2D eigenvalue weighted by atomic mass is 79.9. The van der Waals surface area contributed by atoms with Gasteiger partial charge in [-0.05, 0) is 58.8 Å². The van der Waals surface area contributed by atoms with Crippen molar-refractivity contribution in [2.75, 3.05) is 6.54 Å². The Hall–Kier alpha value is -0.410. The second-order valence-corrected chi connectivity index (χ2v) is 5.74. The molecule has 1 fully saturated rings. The van der Waals surface area contributed by atoms with Gasteiger partial charge in [0.2, 0.25) is 0 Å². The van der Waals surface area contributed by atoms with E-state index in [1.54, 1.807) is 6.07 Å². The topological polar surface area (TPSA) is 26.0 Å². The molecule has 0 aromatic heterocycles. The molecule has 1 saturated carbocycles. The molecule has 1 aromatic rings. The van der Waals surface area contributed by atoms with Gasteiger partial charge in [-0.15, -0.1) is 0 Å². The van der Waals surface area contributed by atoms with Gasteiger partial charge < -0.3 is 5.73 Å². The second-order valence-electron chi connectivity index (χ2n) is 4.88. The Labute approximate surface area is 111 Å². The minimum Gasteiger partial charge on any atom is -0.330 e. The van der Waals surface area contributed by atoms with Crippen LogP contribution in [-0.2, 0) is 0 Å². The molecule has 94 valence electrons. The Bertz CT molecular complexity index is 380. The van der Waals surface area contributed by atoms with Crippen molar-refractivity contribution in [3.63, 3.8) is 0 Å². The van der Waals surface area contributed by atoms with Crippen LogP contribution < -0.4 is 5.73 Å². The van der Waals surface area contributed by atoms with Crippen LogP contribution in [0.1, 0.15) is 43.6 Å². The molecule has 2 unspecified atom stereocenters. The zero-order valence-corrected chi connectivity index (χ0v) is 11.5. The maximum atomic E-state index is 14.1. The average Bonchev–Trinajstić information content (AvgIpc) is 2.57. The summed E-state index contributed by atoms with van der Waals surface area (Å²) in [6.07, 6.45) is 5.87. The van der Waals surface area contributed by atoms with Gasteiger partial charge in [-0.2, -0.15) is 0 Å². The van der Waals surface area contributed by atoms with E-state index in [9.17, 15) is 4.39 Å². The molecule has 2 N–H and O–H groups in total. The molecule has 2 atom stereocenters. The van der Waals surface area contributed by atoms with Gasteiger partial charge in [0.05, 0.1) is 4.47 Å². The number of nitrogens with two attached hydrogens (primary N) is 1. The van der Waals surface area contributed by atoms with E-state index in [1.807, 2.05) is 12.1 Å². The zero-order chi connectivity index (χ0) is 12.3. The van der Waals surface area contributed by atoms with E-state index in [2.05, 4.69) is 15.9 Å². The fourth-order valence-electron chi connectivity index (χ4n) is 2.88. The molecule has 0 saturated heterocycles. The minimum atomic E-state index is -0.0992. The first kappa shape index (κ1) is 13.0. The van der Waals surface area contributed by atoms with Crippen molar-refractivity contribution < 1.29 is 4.39 Å². The first-order chi connectivity index (χ1) is 8.24. The third kappa shape index (κ3) is 2.89. The molecule has 0 bridgehead atoms. The molecule has 17 heavy (non-hydrogen) atoms. The third-order valence-electron chi connectivity index (χ3n) is 3.84. The molecule has 0 aliphatic heterocycles. The maximum Gasteiger partial charge on any atom is 0.140 e.